The lowest BCUT2D eigenvalue weighted by atomic mass is 9.93. The summed E-state index contributed by atoms with van der Waals surface area (Å²) in [7, 11) is 0. The van der Waals surface area contributed by atoms with E-state index in [1.54, 1.807) is 0 Å². The summed E-state index contributed by atoms with van der Waals surface area (Å²) in [6.07, 6.45) is 7.16. The first-order valence-corrected chi connectivity index (χ1v) is 9.81. The van der Waals surface area contributed by atoms with Gasteiger partial charge in [-0.3, -0.25) is 4.79 Å². The van der Waals surface area contributed by atoms with E-state index < -0.39 is 0 Å². The summed E-state index contributed by atoms with van der Waals surface area (Å²) in [5.41, 5.74) is 0.947. The second-order valence-electron chi connectivity index (χ2n) is 7.60. The smallest absolute Gasteiger partial charge is 0.228 e. The van der Waals surface area contributed by atoms with Crippen molar-refractivity contribution in [3.05, 3.63) is 36.2 Å². The third kappa shape index (κ3) is 4.93. The number of amides is 1. The average Bonchev–Trinajstić information content (AvgIpc) is 3.12. The van der Waals surface area contributed by atoms with Crippen LogP contribution in [0, 0.1) is 5.92 Å². The van der Waals surface area contributed by atoms with E-state index in [1.165, 1.54) is 19.3 Å². The number of carbonyl (C=O) groups excluding carboxylic acids is 1. The van der Waals surface area contributed by atoms with Crippen LogP contribution in [0.4, 0.5) is 0 Å². The zero-order chi connectivity index (χ0) is 18.4. The molecular formula is C21H29N3O2. The third-order valence-electron chi connectivity index (χ3n) is 4.99. The van der Waals surface area contributed by atoms with Gasteiger partial charge in [0.25, 0.3) is 0 Å². The Balaban J connectivity index is 1.65. The number of aromatic nitrogens is 2. The topological polar surface area (TPSA) is 59.2 Å². The minimum atomic E-state index is 0.259. The molecule has 1 fully saturated rings. The van der Waals surface area contributed by atoms with Gasteiger partial charge >= 0.3 is 0 Å². The molecule has 5 nitrogen and oxygen atoms in total. The SMILES string of the molecule is CC(C)CC(=O)N(CCc1nc(-c2ccccc2)no1)C1CCCCC1. The van der Waals surface area contributed by atoms with Crippen molar-refractivity contribution in [3.63, 3.8) is 0 Å². The van der Waals surface area contributed by atoms with E-state index in [2.05, 4.69) is 28.9 Å². The Hall–Kier alpha value is -2.17. The summed E-state index contributed by atoms with van der Waals surface area (Å²) in [5, 5.41) is 4.08. The molecular weight excluding hydrogens is 326 g/mol. The average molecular weight is 355 g/mol. The van der Waals surface area contributed by atoms with Crippen LogP contribution in [0.1, 0.15) is 58.3 Å². The van der Waals surface area contributed by atoms with Gasteiger partial charge in [0, 0.05) is 31.0 Å². The normalized spacial score (nSPS) is 15.3. The van der Waals surface area contributed by atoms with Crippen molar-refractivity contribution >= 4 is 5.91 Å². The fourth-order valence-corrected chi connectivity index (χ4v) is 3.65. The summed E-state index contributed by atoms with van der Waals surface area (Å²) >= 11 is 0. The van der Waals surface area contributed by atoms with Crippen molar-refractivity contribution in [2.24, 2.45) is 5.92 Å². The van der Waals surface area contributed by atoms with Crippen LogP contribution in [0.15, 0.2) is 34.9 Å². The molecule has 0 aliphatic heterocycles. The molecule has 1 amide bonds. The number of nitrogens with zero attached hydrogens (tertiary/aromatic N) is 3. The third-order valence-corrected chi connectivity index (χ3v) is 4.99. The Morgan fingerprint density at radius 2 is 1.92 bits per heavy atom. The highest BCUT2D eigenvalue weighted by atomic mass is 16.5. The molecule has 5 heteroatoms. The van der Waals surface area contributed by atoms with E-state index in [0.717, 1.165) is 18.4 Å². The molecule has 26 heavy (non-hydrogen) atoms. The van der Waals surface area contributed by atoms with Gasteiger partial charge in [-0.25, -0.2) is 0 Å². The second kappa shape index (κ2) is 8.97. The van der Waals surface area contributed by atoms with Gasteiger partial charge in [-0.1, -0.05) is 68.6 Å². The molecule has 140 valence electrons. The Bertz CT molecular complexity index is 690. The second-order valence-corrected chi connectivity index (χ2v) is 7.60. The van der Waals surface area contributed by atoms with Gasteiger partial charge in [-0.05, 0) is 18.8 Å². The van der Waals surface area contributed by atoms with Crippen LogP contribution in [0.2, 0.25) is 0 Å². The first kappa shape index (κ1) is 18.6. The predicted octanol–water partition coefficient (Wildman–Crippen LogP) is 4.49. The summed E-state index contributed by atoms with van der Waals surface area (Å²) in [6.45, 7) is 4.86. The minimum Gasteiger partial charge on any atom is -0.339 e. The minimum absolute atomic E-state index is 0.259. The fourth-order valence-electron chi connectivity index (χ4n) is 3.65. The molecule has 1 aliphatic carbocycles. The highest BCUT2D eigenvalue weighted by Crippen LogP contribution is 2.24. The van der Waals surface area contributed by atoms with Crippen molar-refractivity contribution in [2.45, 2.75) is 64.8 Å². The largest absolute Gasteiger partial charge is 0.339 e. The van der Waals surface area contributed by atoms with Crippen LogP contribution < -0.4 is 0 Å². The van der Waals surface area contributed by atoms with Crippen molar-refractivity contribution in [2.75, 3.05) is 6.54 Å². The van der Waals surface area contributed by atoms with Crippen LogP contribution in [-0.4, -0.2) is 33.5 Å². The quantitative estimate of drug-likeness (QED) is 0.734. The molecule has 0 radical (unpaired) electrons. The van der Waals surface area contributed by atoms with Gasteiger partial charge in [0.05, 0.1) is 0 Å². The van der Waals surface area contributed by atoms with Crippen molar-refractivity contribution in [1.29, 1.82) is 0 Å². The molecule has 0 N–H and O–H groups in total. The Kier molecular flexibility index (Phi) is 6.42. The molecule has 3 rings (SSSR count). The molecule has 1 saturated carbocycles. The van der Waals surface area contributed by atoms with E-state index in [-0.39, 0.29) is 5.91 Å². The summed E-state index contributed by atoms with van der Waals surface area (Å²) in [4.78, 5) is 19.3. The number of rotatable bonds is 7. The van der Waals surface area contributed by atoms with E-state index in [0.29, 0.717) is 43.1 Å². The monoisotopic (exact) mass is 355 g/mol. The lowest BCUT2D eigenvalue weighted by molar-refractivity contribution is -0.135. The van der Waals surface area contributed by atoms with Crippen LogP contribution in [-0.2, 0) is 11.2 Å². The Morgan fingerprint density at radius 1 is 1.19 bits per heavy atom. The van der Waals surface area contributed by atoms with Crippen molar-refractivity contribution in [1.82, 2.24) is 15.0 Å². The van der Waals surface area contributed by atoms with Crippen LogP contribution in [0.3, 0.4) is 0 Å². The maximum Gasteiger partial charge on any atom is 0.228 e. The highest BCUT2D eigenvalue weighted by molar-refractivity contribution is 5.76. The van der Waals surface area contributed by atoms with Gasteiger partial charge in [0.2, 0.25) is 17.6 Å². The summed E-state index contributed by atoms with van der Waals surface area (Å²) in [6, 6.07) is 10.2. The van der Waals surface area contributed by atoms with Gasteiger partial charge in [-0.15, -0.1) is 0 Å². The maximum atomic E-state index is 12.8. The lowest BCUT2D eigenvalue weighted by Gasteiger charge is -2.34. The summed E-state index contributed by atoms with van der Waals surface area (Å²) in [5.74, 6) is 1.84. The van der Waals surface area contributed by atoms with Gasteiger partial charge in [-0.2, -0.15) is 4.98 Å². The number of benzene rings is 1. The first-order valence-electron chi connectivity index (χ1n) is 9.81. The van der Waals surface area contributed by atoms with Crippen molar-refractivity contribution < 1.29 is 9.32 Å². The number of carbonyl (C=O) groups is 1. The number of hydrogen-bond donors (Lipinski definition) is 0. The Labute approximate surface area is 155 Å². The summed E-state index contributed by atoms with van der Waals surface area (Å²) < 4.78 is 5.42. The molecule has 1 aliphatic rings. The molecule has 0 bridgehead atoms. The Morgan fingerprint density at radius 3 is 2.62 bits per heavy atom. The molecule has 1 aromatic carbocycles. The van der Waals surface area contributed by atoms with E-state index >= 15 is 0 Å². The van der Waals surface area contributed by atoms with Crippen LogP contribution in [0.25, 0.3) is 11.4 Å². The van der Waals surface area contributed by atoms with Gasteiger partial charge in [0.1, 0.15) is 0 Å². The molecule has 0 saturated heterocycles. The van der Waals surface area contributed by atoms with E-state index in [4.69, 9.17) is 4.52 Å². The van der Waals surface area contributed by atoms with Crippen LogP contribution in [0.5, 0.6) is 0 Å². The lowest BCUT2D eigenvalue weighted by Crippen LogP contribution is -2.43. The molecule has 0 unspecified atom stereocenters. The van der Waals surface area contributed by atoms with E-state index in [1.807, 2.05) is 30.3 Å². The zero-order valence-corrected chi connectivity index (χ0v) is 15.9. The molecule has 0 spiro atoms. The van der Waals surface area contributed by atoms with Crippen molar-refractivity contribution in [3.8, 4) is 11.4 Å². The molecule has 2 aromatic rings. The molecule has 1 heterocycles. The number of hydrogen-bond acceptors (Lipinski definition) is 4. The highest BCUT2D eigenvalue weighted by Gasteiger charge is 2.26. The standard InChI is InChI=1S/C21H29N3O2/c1-16(2)15-20(25)24(18-11-7-4-8-12-18)14-13-19-22-21(23-26-19)17-9-5-3-6-10-17/h3,5-6,9-10,16,18H,4,7-8,11-15H2,1-2H3. The van der Waals surface area contributed by atoms with Gasteiger partial charge < -0.3 is 9.42 Å². The predicted molar refractivity (Wildman–Crippen MR) is 101 cm³/mol. The molecule has 1 aromatic heterocycles. The van der Waals surface area contributed by atoms with Gasteiger partial charge in [0.15, 0.2) is 0 Å². The maximum absolute atomic E-state index is 12.8. The first-order chi connectivity index (χ1) is 12.6. The van der Waals surface area contributed by atoms with Crippen LogP contribution >= 0.6 is 0 Å². The molecule has 0 atom stereocenters. The zero-order valence-electron chi connectivity index (χ0n) is 15.9. The van der Waals surface area contributed by atoms with E-state index in [9.17, 15) is 4.79 Å². The fraction of sp³-hybridized carbons (Fsp3) is 0.571.